The first-order valence-electron chi connectivity index (χ1n) is 4.81. The van der Waals surface area contributed by atoms with Crippen LogP contribution in [0.15, 0.2) is 0 Å². The first-order valence-corrected chi connectivity index (χ1v) is 4.81. The minimum absolute atomic E-state index is 0.157. The highest BCUT2D eigenvalue weighted by molar-refractivity contribution is 4.55. The van der Waals surface area contributed by atoms with Crippen molar-refractivity contribution in [2.45, 2.75) is 38.7 Å². The predicted molar refractivity (Wildman–Crippen MR) is 50.1 cm³/mol. The number of rotatable bonds is 8. The molecule has 0 saturated carbocycles. The molecular weight excluding hydrogens is 154 g/mol. The Balaban J connectivity index is 2.90. The summed E-state index contributed by atoms with van der Waals surface area (Å²) in [5.74, 6) is 0. The Hall–Kier alpha value is -0.120. The second kappa shape index (κ2) is 8.97. The highest BCUT2D eigenvalue weighted by Crippen LogP contribution is 1.94. The molecule has 0 amide bonds. The maximum absolute atomic E-state index is 9.18. The molecule has 0 heterocycles. The lowest BCUT2D eigenvalue weighted by atomic mass is 10.2. The molecule has 0 aliphatic heterocycles. The Morgan fingerprint density at radius 2 is 2.00 bits per heavy atom. The second-order valence-electron chi connectivity index (χ2n) is 3.03. The average Bonchev–Trinajstić information content (AvgIpc) is 2.10. The van der Waals surface area contributed by atoms with E-state index < -0.39 is 0 Å². The number of aliphatic hydroxyl groups excluding tert-OH is 2. The van der Waals surface area contributed by atoms with Gasteiger partial charge in [-0.1, -0.05) is 6.92 Å². The lowest BCUT2D eigenvalue weighted by Crippen LogP contribution is -2.21. The van der Waals surface area contributed by atoms with Gasteiger partial charge in [0.05, 0.1) is 6.10 Å². The van der Waals surface area contributed by atoms with E-state index in [1.54, 1.807) is 0 Å². The molecule has 0 aromatic heterocycles. The maximum Gasteiger partial charge on any atom is 0.0549 e. The van der Waals surface area contributed by atoms with Crippen LogP contribution < -0.4 is 5.32 Å². The van der Waals surface area contributed by atoms with Crippen LogP contribution in [-0.4, -0.2) is 36.0 Å². The monoisotopic (exact) mass is 175 g/mol. The zero-order chi connectivity index (χ0) is 9.23. The summed E-state index contributed by atoms with van der Waals surface area (Å²) in [6, 6.07) is 0. The molecular formula is C9H21NO2. The van der Waals surface area contributed by atoms with E-state index in [2.05, 4.69) is 5.32 Å². The van der Waals surface area contributed by atoms with Gasteiger partial charge in [0.25, 0.3) is 0 Å². The summed E-state index contributed by atoms with van der Waals surface area (Å²) in [5, 5.41) is 20.9. The molecule has 1 unspecified atom stereocenters. The van der Waals surface area contributed by atoms with E-state index in [0.717, 1.165) is 38.8 Å². The third-order valence-electron chi connectivity index (χ3n) is 1.89. The maximum atomic E-state index is 9.18. The zero-order valence-corrected chi connectivity index (χ0v) is 7.92. The average molecular weight is 175 g/mol. The fourth-order valence-electron chi connectivity index (χ4n) is 0.960. The predicted octanol–water partition coefficient (Wildman–Crippen LogP) is 0.510. The summed E-state index contributed by atoms with van der Waals surface area (Å²) in [7, 11) is 0. The minimum atomic E-state index is -0.157. The van der Waals surface area contributed by atoms with Crippen molar-refractivity contribution in [3.05, 3.63) is 0 Å². The van der Waals surface area contributed by atoms with Crippen molar-refractivity contribution in [2.75, 3.05) is 19.7 Å². The van der Waals surface area contributed by atoms with Crippen molar-refractivity contribution in [1.29, 1.82) is 0 Å². The molecule has 0 aromatic rings. The van der Waals surface area contributed by atoms with Crippen LogP contribution in [0.5, 0.6) is 0 Å². The molecule has 3 heteroatoms. The van der Waals surface area contributed by atoms with Crippen LogP contribution in [0, 0.1) is 0 Å². The Morgan fingerprint density at radius 1 is 1.25 bits per heavy atom. The van der Waals surface area contributed by atoms with Gasteiger partial charge in [-0.2, -0.15) is 0 Å². The molecule has 12 heavy (non-hydrogen) atoms. The van der Waals surface area contributed by atoms with Crippen LogP contribution in [0.25, 0.3) is 0 Å². The smallest absolute Gasteiger partial charge is 0.0549 e. The largest absolute Gasteiger partial charge is 0.396 e. The van der Waals surface area contributed by atoms with Gasteiger partial charge in [-0.3, -0.25) is 0 Å². The number of hydrogen-bond acceptors (Lipinski definition) is 3. The molecule has 0 fully saturated rings. The molecule has 0 rings (SSSR count). The van der Waals surface area contributed by atoms with Crippen molar-refractivity contribution in [2.24, 2.45) is 0 Å². The highest BCUT2D eigenvalue weighted by Gasteiger charge is 1.98. The van der Waals surface area contributed by atoms with Crippen molar-refractivity contribution in [3.63, 3.8) is 0 Å². The van der Waals surface area contributed by atoms with Crippen LogP contribution in [0.3, 0.4) is 0 Å². The van der Waals surface area contributed by atoms with Crippen LogP contribution >= 0.6 is 0 Å². The summed E-state index contributed by atoms with van der Waals surface area (Å²) in [6.45, 7) is 4.08. The molecule has 74 valence electrons. The lowest BCUT2D eigenvalue weighted by Gasteiger charge is -2.07. The Morgan fingerprint density at radius 3 is 2.58 bits per heavy atom. The van der Waals surface area contributed by atoms with Crippen molar-refractivity contribution >= 4 is 0 Å². The van der Waals surface area contributed by atoms with Gasteiger partial charge in [-0.25, -0.2) is 0 Å². The summed E-state index contributed by atoms with van der Waals surface area (Å²) in [4.78, 5) is 0. The summed E-state index contributed by atoms with van der Waals surface area (Å²) in [6.07, 6.45) is 3.38. The molecule has 0 radical (unpaired) electrons. The van der Waals surface area contributed by atoms with E-state index >= 15 is 0 Å². The third kappa shape index (κ3) is 7.98. The van der Waals surface area contributed by atoms with Crippen LogP contribution in [0.1, 0.15) is 32.6 Å². The normalized spacial score (nSPS) is 13.2. The van der Waals surface area contributed by atoms with Gasteiger partial charge >= 0.3 is 0 Å². The molecule has 0 spiro atoms. The van der Waals surface area contributed by atoms with Gasteiger partial charge in [-0.05, 0) is 38.8 Å². The molecule has 1 atom stereocenters. The lowest BCUT2D eigenvalue weighted by molar-refractivity contribution is 0.159. The van der Waals surface area contributed by atoms with E-state index in [4.69, 9.17) is 5.11 Å². The van der Waals surface area contributed by atoms with Gasteiger partial charge in [0.15, 0.2) is 0 Å². The van der Waals surface area contributed by atoms with Crippen molar-refractivity contribution in [3.8, 4) is 0 Å². The van der Waals surface area contributed by atoms with Crippen LogP contribution in [0.4, 0.5) is 0 Å². The first kappa shape index (κ1) is 11.9. The standard InChI is InChI=1S/C9H21NO2/c1-2-9(12)5-7-10-6-3-4-8-11/h9-12H,2-8H2,1H3. The third-order valence-corrected chi connectivity index (χ3v) is 1.89. The van der Waals surface area contributed by atoms with Gasteiger partial charge in [-0.15, -0.1) is 0 Å². The van der Waals surface area contributed by atoms with Gasteiger partial charge < -0.3 is 15.5 Å². The van der Waals surface area contributed by atoms with Crippen LogP contribution in [-0.2, 0) is 0 Å². The van der Waals surface area contributed by atoms with E-state index in [0.29, 0.717) is 0 Å². The molecule has 3 N–H and O–H groups in total. The molecule has 0 aliphatic rings. The SMILES string of the molecule is CCC(O)CCNCCCCO. The van der Waals surface area contributed by atoms with Gasteiger partial charge in [0.2, 0.25) is 0 Å². The summed E-state index contributed by atoms with van der Waals surface area (Å²) >= 11 is 0. The molecule has 0 saturated heterocycles. The number of aliphatic hydroxyl groups is 2. The van der Waals surface area contributed by atoms with Gasteiger partial charge in [0, 0.05) is 6.61 Å². The Bertz CT molecular complexity index is 88.6. The van der Waals surface area contributed by atoms with Gasteiger partial charge in [0.1, 0.15) is 0 Å². The Kier molecular flexibility index (Phi) is 8.88. The fraction of sp³-hybridized carbons (Fsp3) is 1.00. The summed E-state index contributed by atoms with van der Waals surface area (Å²) < 4.78 is 0. The van der Waals surface area contributed by atoms with Crippen LogP contribution in [0.2, 0.25) is 0 Å². The number of unbranched alkanes of at least 4 members (excludes halogenated alkanes) is 1. The second-order valence-corrected chi connectivity index (χ2v) is 3.03. The van der Waals surface area contributed by atoms with E-state index in [1.165, 1.54) is 0 Å². The molecule has 3 nitrogen and oxygen atoms in total. The first-order chi connectivity index (χ1) is 5.81. The molecule has 0 aliphatic carbocycles. The molecule has 0 aromatic carbocycles. The summed E-state index contributed by atoms with van der Waals surface area (Å²) in [5.41, 5.74) is 0. The Labute approximate surface area is 74.8 Å². The van der Waals surface area contributed by atoms with Crippen molar-refractivity contribution in [1.82, 2.24) is 5.32 Å². The molecule has 0 bridgehead atoms. The topological polar surface area (TPSA) is 52.5 Å². The van der Waals surface area contributed by atoms with E-state index in [1.807, 2.05) is 6.92 Å². The quantitative estimate of drug-likeness (QED) is 0.471. The zero-order valence-electron chi connectivity index (χ0n) is 7.92. The van der Waals surface area contributed by atoms with E-state index in [-0.39, 0.29) is 12.7 Å². The number of hydrogen-bond donors (Lipinski definition) is 3. The minimum Gasteiger partial charge on any atom is -0.396 e. The van der Waals surface area contributed by atoms with Crippen molar-refractivity contribution < 1.29 is 10.2 Å². The fourth-order valence-corrected chi connectivity index (χ4v) is 0.960. The highest BCUT2D eigenvalue weighted by atomic mass is 16.3. The number of nitrogens with one attached hydrogen (secondary N) is 1. The van der Waals surface area contributed by atoms with E-state index in [9.17, 15) is 5.11 Å².